The Hall–Kier alpha value is -2.58. The predicted octanol–water partition coefficient (Wildman–Crippen LogP) is 5.11. The highest BCUT2D eigenvalue weighted by molar-refractivity contribution is 9.12. The fourth-order valence-corrected chi connectivity index (χ4v) is 3.50. The number of halogens is 2. The van der Waals surface area contributed by atoms with Crippen LogP contribution >= 0.6 is 31.9 Å². The standard InChI is InChI=1S/C19H14Br2N6/c1-27-16-8-7-13(20)10-15(16)17-18(27)23-19(26-24-17)25-22-11-14(21)9-12-5-3-2-4-6-12/h2-11H,1H3,(H,23,25,26)/b14-9-,22-11+. The van der Waals surface area contributed by atoms with Crippen LogP contribution in [0.1, 0.15) is 5.56 Å². The lowest BCUT2D eigenvalue weighted by atomic mass is 10.2. The molecule has 0 radical (unpaired) electrons. The van der Waals surface area contributed by atoms with E-state index in [1.165, 1.54) is 0 Å². The van der Waals surface area contributed by atoms with Gasteiger partial charge < -0.3 is 4.57 Å². The Balaban J connectivity index is 1.59. The number of benzene rings is 2. The van der Waals surface area contributed by atoms with Gasteiger partial charge in [0, 0.05) is 21.4 Å². The number of hydrogen-bond donors (Lipinski definition) is 1. The second kappa shape index (κ2) is 7.58. The van der Waals surface area contributed by atoms with Crippen LogP contribution in [0.3, 0.4) is 0 Å². The summed E-state index contributed by atoms with van der Waals surface area (Å²) in [4.78, 5) is 4.54. The number of aromatic nitrogens is 4. The molecule has 0 saturated heterocycles. The minimum absolute atomic E-state index is 0.337. The Kier molecular flexibility index (Phi) is 5.00. The monoisotopic (exact) mass is 484 g/mol. The predicted molar refractivity (Wildman–Crippen MR) is 117 cm³/mol. The second-order valence-corrected chi connectivity index (χ2v) is 7.67. The average molecular weight is 486 g/mol. The van der Waals surface area contributed by atoms with Crippen molar-refractivity contribution in [3.63, 3.8) is 0 Å². The van der Waals surface area contributed by atoms with E-state index >= 15 is 0 Å². The van der Waals surface area contributed by atoms with Crippen LogP contribution in [0, 0.1) is 0 Å². The number of fused-ring (bicyclic) bond motifs is 3. The largest absolute Gasteiger partial charge is 0.327 e. The SMILES string of the molecule is Cn1c2ccc(Br)cc2c2nnc(N/N=C/C(Br)=C/c3ccccc3)nc21. The van der Waals surface area contributed by atoms with Crippen molar-refractivity contribution in [1.82, 2.24) is 19.7 Å². The van der Waals surface area contributed by atoms with Crippen molar-refractivity contribution >= 4 is 72.2 Å². The zero-order chi connectivity index (χ0) is 18.8. The Morgan fingerprint density at radius 1 is 1.15 bits per heavy atom. The van der Waals surface area contributed by atoms with Gasteiger partial charge in [-0.2, -0.15) is 10.1 Å². The van der Waals surface area contributed by atoms with Crippen LogP contribution in [0.2, 0.25) is 0 Å². The molecular formula is C19H14Br2N6. The summed E-state index contributed by atoms with van der Waals surface area (Å²) in [5.74, 6) is 0.337. The van der Waals surface area contributed by atoms with Gasteiger partial charge in [-0.05, 0) is 45.8 Å². The molecule has 0 fully saturated rings. The number of hydrazone groups is 1. The molecule has 4 rings (SSSR count). The minimum Gasteiger partial charge on any atom is -0.327 e. The summed E-state index contributed by atoms with van der Waals surface area (Å²) in [6, 6.07) is 16.0. The third-order valence-electron chi connectivity index (χ3n) is 4.02. The van der Waals surface area contributed by atoms with Gasteiger partial charge in [0.15, 0.2) is 5.65 Å². The molecule has 0 saturated carbocycles. The van der Waals surface area contributed by atoms with Crippen LogP contribution in [0.5, 0.6) is 0 Å². The Labute approximate surface area is 172 Å². The summed E-state index contributed by atoms with van der Waals surface area (Å²) in [6.07, 6.45) is 3.62. The first-order chi connectivity index (χ1) is 13.1. The molecular weight excluding hydrogens is 472 g/mol. The molecule has 134 valence electrons. The number of hydrogen-bond acceptors (Lipinski definition) is 5. The third kappa shape index (κ3) is 3.77. The Morgan fingerprint density at radius 2 is 1.96 bits per heavy atom. The maximum absolute atomic E-state index is 4.54. The van der Waals surface area contributed by atoms with E-state index in [0.29, 0.717) is 5.95 Å². The highest BCUT2D eigenvalue weighted by Gasteiger charge is 2.12. The number of rotatable bonds is 4. The molecule has 2 aromatic carbocycles. The average Bonchev–Trinajstić information content (AvgIpc) is 2.94. The number of nitrogens with one attached hydrogen (secondary N) is 1. The lowest BCUT2D eigenvalue weighted by Crippen LogP contribution is -2.00. The molecule has 27 heavy (non-hydrogen) atoms. The number of anilines is 1. The molecule has 2 aromatic heterocycles. The Bertz CT molecular complexity index is 1180. The van der Waals surface area contributed by atoms with E-state index in [4.69, 9.17) is 0 Å². The number of allylic oxidation sites excluding steroid dienone is 1. The van der Waals surface area contributed by atoms with Crippen LogP contribution in [0.25, 0.3) is 28.1 Å². The van der Waals surface area contributed by atoms with Crippen LogP contribution < -0.4 is 5.43 Å². The highest BCUT2D eigenvalue weighted by atomic mass is 79.9. The first-order valence-electron chi connectivity index (χ1n) is 8.11. The van der Waals surface area contributed by atoms with Crippen molar-refractivity contribution in [2.24, 2.45) is 12.1 Å². The summed E-state index contributed by atoms with van der Waals surface area (Å²) in [6.45, 7) is 0. The van der Waals surface area contributed by atoms with Crippen molar-refractivity contribution < 1.29 is 0 Å². The van der Waals surface area contributed by atoms with Crippen molar-refractivity contribution in [1.29, 1.82) is 0 Å². The first-order valence-corrected chi connectivity index (χ1v) is 9.70. The van der Waals surface area contributed by atoms with Crippen LogP contribution in [-0.2, 0) is 7.05 Å². The van der Waals surface area contributed by atoms with Crippen LogP contribution in [-0.4, -0.2) is 26.0 Å². The van der Waals surface area contributed by atoms with Gasteiger partial charge in [0.2, 0.25) is 0 Å². The van der Waals surface area contributed by atoms with Gasteiger partial charge in [0.1, 0.15) is 5.52 Å². The van der Waals surface area contributed by atoms with Crippen molar-refractivity contribution in [3.8, 4) is 0 Å². The quantitative estimate of drug-likeness (QED) is 0.322. The van der Waals surface area contributed by atoms with Gasteiger partial charge in [-0.25, -0.2) is 5.43 Å². The number of aryl methyl sites for hydroxylation is 1. The van der Waals surface area contributed by atoms with E-state index < -0.39 is 0 Å². The van der Waals surface area contributed by atoms with Gasteiger partial charge in [-0.3, -0.25) is 0 Å². The maximum Gasteiger partial charge on any atom is 0.265 e. The van der Waals surface area contributed by atoms with E-state index in [1.54, 1.807) is 6.21 Å². The molecule has 0 bridgehead atoms. The molecule has 0 aliphatic carbocycles. The van der Waals surface area contributed by atoms with Crippen molar-refractivity contribution in [3.05, 3.63) is 63.0 Å². The van der Waals surface area contributed by atoms with Gasteiger partial charge in [-0.1, -0.05) is 46.3 Å². The fourth-order valence-electron chi connectivity index (χ4n) is 2.78. The smallest absolute Gasteiger partial charge is 0.265 e. The van der Waals surface area contributed by atoms with Gasteiger partial charge in [0.25, 0.3) is 5.95 Å². The minimum atomic E-state index is 0.337. The molecule has 4 aromatic rings. The normalized spacial score (nSPS) is 12.3. The molecule has 2 heterocycles. The lowest BCUT2D eigenvalue weighted by molar-refractivity contribution is 0.949. The molecule has 0 aliphatic rings. The lowest BCUT2D eigenvalue weighted by Gasteiger charge is -1.99. The summed E-state index contributed by atoms with van der Waals surface area (Å²) in [5.41, 5.74) is 6.46. The van der Waals surface area contributed by atoms with E-state index in [2.05, 4.69) is 57.6 Å². The molecule has 0 aliphatic heterocycles. The number of nitrogens with zero attached hydrogens (tertiary/aromatic N) is 5. The zero-order valence-electron chi connectivity index (χ0n) is 14.3. The second-order valence-electron chi connectivity index (χ2n) is 5.84. The summed E-state index contributed by atoms with van der Waals surface area (Å²) < 4.78 is 3.81. The van der Waals surface area contributed by atoms with E-state index in [0.717, 1.165) is 36.6 Å². The van der Waals surface area contributed by atoms with Gasteiger partial charge in [0.05, 0.1) is 11.7 Å². The van der Waals surface area contributed by atoms with Crippen molar-refractivity contribution in [2.45, 2.75) is 0 Å². The van der Waals surface area contributed by atoms with E-state index in [9.17, 15) is 0 Å². The molecule has 0 amide bonds. The molecule has 6 nitrogen and oxygen atoms in total. The molecule has 0 spiro atoms. The summed E-state index contributed by atoms with van der Waals surface area (Å²) in [7, 11) is 1.96. The highest BCUT2D eigenvalue weighted by Crippen LogP contribution is 2.28. The molecule has 1 N–H and O–H groups in total. The maximum atomic E-state index is 4.54. The fraction of sp³-hybridized carbons (Fsp3) is 0.0526. The molecule has 8 heteroatoms. The molecule has 0 unspecified atom stereocenters. The summed E-state index contributed by atoms with van der Waals surface area (Å²) >= 11 is 6.97. The van der Waals surface area contributed by atoms with Gasteiger partial charge >= 0.3 is 0 Å². The van der Waals surface area contributed by atoms with E-state index in [1.807, 2.05) is 66.2 Å². The third-order valence-corrected chi connectivity index (χ3v) is 4.94. The first kappa shape index (κ1) is 17.8. The zero-order valence-corrected chi connectivity index (χ0v) is 17.4. The Morgan fingerprint density at radius 3 is 2.78 bits per heavy atom. The van der Waals surface area contributed by atoms with Gasteiger partial charge in [-0.15, -0.1) is 10.2 Å². The van der Waals surface area contributed by atoms with Crippen LogP contribution in [0.4, 0.5) is 5.95 Å². The topological polar surface area (TPSA) is 68.0 Å². The summed E-state index contributed by atoms with van der Waals surface area (Å²) in [5, 5.41) is 13.6. The molecule has 0 atom stereocenters. The van der Waals surface area contributed by atoms with E-state index in [-0.39, 0.29) is 0 Å². The van der Waals surface area contributed by atoms with Crippen LogP contribution in [0.15, 0.2) is 62.6 Å². The van der Waals surface area contributed by atoms with Crippen molar-refractivity contribution in [2.75, 3.05) is 5.43 Å².